The molecule has 0 radical (unpaired) electrons. The highest BCUT2D eigenvalue weighted by Gasteiger charge is 2.23. The Bertz CT molecular complexity index is 785. The molecule has 0 aromatic heterocycles. The molecule has 0 spiro atoms. The molecular weight excluding hydrogens is 362 g/mol. The Balaban J connectivity index is 2.65. The number of hydrogen-bond acceptors (Lipinski definition) is 4. The van der Waals surface area contributed by atoms with E-state index in [1.54, 1.807) is 13.2 Å². The van der Waals surface area contributed by atoms with E-state index in [0.29, 0.717) is 16.9 Å². The molecule has 23 heavy (non-hydrogen) atoms. The fraction of sp³-hybridized carbons (Fsp3) is 0.235. The van der Waals surface area contributed by atoms with Gasteiger partial charge in [-0.1, -0.05) is 12.1 Å². The Hall–Kier alpha value is -2.21. The first kappa shape index (κ1) is 17.1. The molecule has 0 aliphatic heterocycles. The fourth-order valence-electron chi connectivity index (χ4n) is 2.57. The molecule has 0 aliphatic carbocycles. The van der Waals surface area contributed by atoms with Crippen LogP contribution >= 0.6 is 15.9 Å². The molecule has 0 heterocycles. The highest BCUT2D eigenvalue weighted by atomic mass is 79.9. The highest BCUT2D eigenvalue weighted by Crippen LogP contribution is 2.37. The zero-order valence-electron chi connectivity index (χ0n) is 13.3. The maximum Gasteiger partial charge on any atom is 0.270 e. The molecule has 5 nitrogen and oxygen atoms in total. The average molecular weight is 378 g/mol. The van der Waals surface area contributed by atoms with Crippen LogP contribution in [0.15, 0.2) is 28.7 Å². The number of non-ortho nitro benzene ring substituents is 1. The summed E-state index contributed by atoms with van der Waals surface area (Å²) >= 11 is 3.47. The van der Waals surface area contributed by atoms with Crippen molar-refractivity contribution in [1.82, 2.24) is 0 Å². The molecule has 2 rings (SSSR count). The second-order valence-electron chi connectivity index (χ2n) is 5.23. The van der Waals surface area contributed by atoms with E-state index in [1.807, 2.05) is 20.8 Å². The Kier molecular flexibility index (Phi) is 4.85. The Morgan fingerprint density at radius 1 is 1.17 bits per heavy atom. The summed E-state index contributed by atoms with van der Waals surface area (Å²) in [7, 11) is 1.58. The second kappa shape index (κ2) is 6.50. The minimum atomic E-state index is -0.508. The Morgan fingerprint density at radius 2 is 1.83 bits per heavy atom. The van der Waals surface area contributed by atoms with Gasteiger partial charge < -0.3 is 4.74 Å². The topological polar surface area (TPSA) is 69.4 Å². The van der Waals surface area contributed by atoms with Gasteiger partial charge in [-0.25, -0.2) is 0 Å². The van der Waals surface area contributed by atoms with Crippen molar-refractivity contribution in [2.75, 3.05) is 7.11 Å². The molecule has 0 atom stereocenters. The molecular formula is C17H16BrNO4. The normalized spacial score (nSPS) is 10.5. The summed E-state index contributed by atoms with van der Waals surface area (Å²) in [5.74, 6) is 0.450. The first-order valence-corrected chi connectivity index (χ1v) is 7.71. The molecule has 0 fully saturated rings. The standard InChI is InChI=1S/C17H16BrNO4/c1-9-10(2)17(23-4)15(18)11(3)14(9)16(20)12-6-5-7-13(8-12)19(21)22/h5-8H,1-4H3. The summed E-state index contributed by atoms with van der Waals surface area (Å²) < 4.78 is 6.10. The predicted molar refractivity (Wildman–Crippen MR) is 91.4 cm³/mol. The Morgan fingerprint density at radius 3 is 2.39 bits per heavy atom. The summed E-state index contributed by atoms with van der Waals surface area (Å²) in [6.45, 7) is 5.55. The monoisotopic (exact) mass is 377 g/mol. The lowest BCUT2D eigenvalue weighted by molar-refractivity contribution is -0.384. The van der Waals surface area contributed by atoms with Gasteiger partial charge in [-0.15, -0.1) is 0 Å². The molecule has 2 aromatic carbocycles. The molecule has 6 heteroatoms. The largest absolute Gasteiger partial charge is 0.495 e. The third-order valence-electron chi connectivity index (χ3n) is 3.93. The summed E-state index contributed by atoms with van der Waals surface area (Å²) in [6.07, 6.45) is 0. The van der Waals surface area contributed by atoms with Crippen LogP contribution < -0.4 is 4.74 Å². The van der Waals surface area contributed by atoms with Crippen molar-refractivity contribution in [3.8, 4) is 5.75 Å². The summed E-state index contributed by atoms with van der Waals surface area (Å²) in [6, 6.07) is 5.77. The zero-order valence-corrected chi connectivity index (χ0v) is 14.9. The molecule has 0 bridgehead atoms. The lowest BCUT2D eigenvalue weighted by atomic mass is 9.91. The lowest BCUT2D eigenvalue weighted by Crippen LogP contribution is -2.10. The zero-order chi connectivity index (χ0) is 17.3. The first-order chi connectivity index (χ1) is 10.8. The van der Waals surface area contributed by atoms with Crippen LogP contribution in [0.1, 0.15) is 32.6 Å². The number of rotatable bonds is 4. The molecule has 2 aromatic rings. The summed E-state index contributed by atoms with van der Waals surface area (Å²) in [5, 5.41) is 10.9. The van der Waals surface area contributed by atoms with E-state index < -0.39 is 4.92 Å². The molecule has 0 unspecified atom stereocenters. The number of carbonyl (C=O) groups is 1. The van der Waals surface area contributed by atoms with E-state index >= 15 is 0 Å². The van der Waals surface area contributed by atoms with E-state index in [2.05, 4.69) is 15.9 Å². The van der Waals surface area contributed by atoms with Gasteiger partial charge in [-0.05, 0) is 53.4 Å². The van der Waals surface area contributed by atoms with Gasteiger partial charge in [0.1, 0.15) is 5.75 Å². The number of nitrogens with zero attached hydrogens (tertiary/aromatic N) is 1. The van der Waals surface area contributed by atoms with Gasteiger partial charge in [-0.3, -0.25) is 14.9 Å². The van der Waals surface area contributed by atoms with Crippen LogP contribution in [-0.2, 0) is 0 Å². The smallest absolute Gasteiger partial charge is 0.270 e. The number of benzene rings is 2. The van der Waals surface area contributed by atoms with E-state index in [-0.39, 0.29) is 11.5 Å². The Labute approximate surface area is 142 Å². The number of nitro benzene ring substituents is 1. The van der Waals surface area contributed by atoms with E-state index in [0.717, 1.165) is 21.2 Å². The molecule has 0 amide bonds. The minimum absolute atomic E-state index is 0.101. The molecule has 0 saturated heterocycles. The van der Waals surface area contributed by atoms with Crippen molar-refractivity contribution in [2.45, 2.75) is 20.8 Å². The summed E-state index contributed by atoms with van der Waals surface area (Å²) in [4.78, 5) is 23.3. The van der Waals surface area contributed by atoms with Gasteiger partial charge in [0.15, 0.2) is 5.78 Å². The van der Waals surface area contributed by atoms with Crippen LogP contribution in [-0.4, -0.2) is 17.8 Å². The SMILES string of the molecule is COc1c(C)c(C)c(C(=O)c2cccc([N+](=O)[O-])c2)c(C)c1Br. The third kappa shape index (κ3) is 2.99. The van der Waals surface area contributed by atoms with Crippen LogP contribution in [0.4, 0.5) is 5.69 Å². The number of nitro groups is 1. The van der Waals surface area contributed by atoms with Crippen LogP contribution in [0.5, 0.6) is 5.75 Å². The van der Waals surface area contributed by atoms with E-state index in [9.17, 15) is 14.9 Å². The van der Waals surface area contributed by atoms with Crippen molar-refractivity contribution >= 4 is 27.4 Å². The third-order valence-corrected chi connectivity index (χ3v) is 4.89. The van der Waals surface area contributed by atoms with Crippen molar-refractivity contribution in [3.05, 3.63) is 66.7 Å². The number of carbonyl (C=O) groups excluding carboxylic acids is 1. The van der Waals surface area contributed by atoms with E-state index in [1.165, 1.54) is 18.2 Å². The highest BCUT2D eigenvalue weighted by molar-refractivity contribution is 9.10. The number of halogens is 1. The van der Waals surface area contributed by atoms with Crippen LogP contribution in [0.25, 0.3) is 0 Å². The molecule has 120 valence electrons. The number of ether oxygens (including phenoxy) is 1. The van der Waals surface area contributed by atoms with Crippen LogP contribution in [0.3, 0.4) is 0 Å². The van der Waals surface area contributed by atoms with Crippen molar-refractivity contribution in [3.63, 3.8) is 0 Å². The second-order valence-corrected chi connectivity index (χ2v) is 6.03. The number of methoxy groups -OCH3 is 1. The fourth-order valence-corrected chi connectivity index (χ4v) is 3.23. The molecule has 0 saturated carbocycles. The number of hydrogen-bond donors (Lipinski definition) is 0. The van der Waals surface area contributed by atoms with Gasteiger partial charge >= 0.3 is 0 Å². The predicted octanol–water partition coefficient (Wildman–Crippen LogP) is 4.52. The van der Waals surface area contributed by atoms with Gasteiger partial charge in [0.05, 0.1) is 16.5 Å². The molecule has 0 aliphatic rings. The van der Waals surface area contributed by atoms with Crippen LogP contribution in [0.2, 0.25) is 0 Å². The van der Waals surface area contributed by atoms with Gasteiger partial charge in [0, 0.05) is 23.3 Å². The lowest BCUT2D eigenvalue weighted by Gasteiger charge is -2.17. The van der Waals surface area contributed by atoms with Crippen LogP contribution in [0, 0.1) is 30.9 Å². The quantitative estimate of drug-likeness (QED) is 0.446. The van der Waals surface area contributed by atoms with Gasteiger partial charge in [0.25, 0.3) is 5.69 Å². The van der Waals surface area contributed by atoms with E-state index in [4.69, 9.17) is 4.74 Å². The van der Waals surface area contributed by atoms with Crippen molar-refractivity contribution in [2.24, 2.45) is 0 Å². The average Bonchev–Trinajstić information content (AvgIpc) is 2.53. The van der Waals surface area contributed by atoms with Crippen molar-refractivity contribution in [1.29, 1.82) is 0 Å². The maximum atomic E-state index is 12.9. The van der Waals surface area contributed by atoms with Gasteiger partial charge in [-0.2, -0.15) is 0 Å². The maximum absolute atomic E-state index is 12.9. The molecule has 0 N–H and O–H groups in total. The van der Waals surface area contributed by atoms with Gasteiger partial charge in [0.2, 0.25) is 0 Å². The number of ketones is 1. The summed E-state index contributed by atoms with van der Waals surface area (Å²) in [5.41, 5.74) is 3.15. The van der Waals surface area contributed by atoms with Crippen molar-refractivity contribution < 1.29 is 14.5 Å². The first-order valence-electron chi connectivity index (χ1n) is 6.92. The minimum Gasteiger partial charge on any atom is -0.495 e.